The first-order chi connectivity index (χ1) is 14.3. The maximum atomic E-state index is 13.8. The second kappa shape index (κ2) is 7.13. The second-order valence-electron chi connectivity index (χ2n) is 8.18. The molecule has 3 aliphatic carbocycles. The fraction of sp³-hybridized carbons (Fsp3) is 0.350. The van der Waals surface area contributed by atoms with E-state index in [2.05, 4.69) is 10.0 Å². The highest BCUT2D eigenvalue weighted by molar-refractivity contribution is 8.00. The molecular weight excluding hydrogens is 456 g/mol. The standard InChI is InChI=1S/C20H18F4N2O3S2/c1-31(28,29)14-4-2-3-13(8-14)30-26-16-7-12(21)5-6-15(16)17(27)25-19-9-18(10-19,11-19)20(22,23)24/h2-8,26H,9-11H2,1H3,(H,25,27). The van der Waals surface area contributed by atoms with Crippen LogP contribution < -0.4 is 10.0 Å². The van der Waals surface area contributed by atoms with Crippen LogP contribution in [0.3, 0.4) is 0 Å². The molecule has 31 heavy (non-hydrogen) atoms. The molecule has 2 aromatic carbocycles. The van der Waals surface area contributed by atoms with Crippen LogP contribution in [0.4, 0.5) is 23.2 Å². The Morgan fingerprint density at radius 3 is 2.39 bits per heavy atom. The van der Waals surface area contributed by atoms with Gasteiger partial charge in [0, 0.05) is 16.7 Å². The lowest BCUT2D eigenvalue weighted by molar-refractivity contribution is -0.336. The molecule has 0 heterocycles. The molecule has 5 nitrogen and oxygen atoms in total. The predicted molar refractivity (Wildman–Crippen MR) is 108 cm³/mol. The van der Waals surface area contributed by atoms with Crippen LogP contribution in [0.15, 0.2) is 52.3 Å². The van der Waals surface area contributed by atoms with Gasteiger partial charge in [0.1, 0.15) is 5.82 Å². The summed E-state index contributed by atoms with van der Waals surface area (Å²) in [7, 11) is -3.41. The minimum absolute atomic E-state index is 0.0824. The van der Waals surface area contributed by atoms with E-state index in [0.717, 1.165) is 30.3 Å². The lowest BCUT2D eigenvalue weighted by Crippen LogP contribution is -2.78. The summed E-state index contributed by atoms with van der Waals surface area (Å²) in [5.74, 6) is -1.20. The SMILES string of the molecule is CS(=O)(=O)c1cccc(SNc2cc(F)ccc2C(=O)NC23CC(C(F)(F)F)(C2)C3)c1. The van der Waals surface area contributed by atoms with Gasteiger partial charge in [0.05, 0.1) is 21.6 Å². The predicted octanol–water partition coefficient (Wildman–Crippen LogP) is 4.56. The molecule has 2 aromatic rings. The highest BCUT2D eigenvalue weighted by Gasteiger charge is 2.79. The number of amides is 1. The molecule has 166 valence electrons. The van der Waals surface area contributed by atoms with E-state index in [9.17, 15) is 30.8 Å². The number of benzene rings is 2. The van der Waals surface area contributed by atoms with Crippen molar-refractivity contribution in [2.45, 2.75) is 40.8 Å². The van der Waals surface area contributed by atoms with Crippen molar-refractivity contribution in [3.8, 4) is 0 Å². The zero-order valence-electron chi connectivity index (χ0n) is 16.2. The van der Waals surface area contributed by atoms with Crippen molar-refractivity contribution in [3.63, 3.8) is 0 Å². The van der Waals surface area contributed by atoms with Crippen LogP contribution in [0, 0.1) is 11.2 Å². The smallest absolute Gasteiger partial charge is 0.346 e. The highest BCUT2D eigenvalue weighted by Crippen LogP contribution is 2.73. The molecule has 0 aromatic heterocycles. The monoisotopic (exact) mass is 474 g/mol. The zero-order chi connectivity index (χ0) is 22.7. The van der Waals surface area contributed by atoms with E-state index in [0.29, 0.717) is 4.90 Å². The van der Waals surface area contributed by atoms with Crippen molar-refractivity contribution < 1.29 is 30.8 Å². The van der Waals surface area contributed by atoms with Crippen LogP contribution in [0.5, 0.6) is 0 Å². The van der Waals surface area contributed by atoms with E-state index in [4.69, 9.17) is 0 Å². The third kappa shape index (κ3) is 4.00. The summed E-state index contributed by atoms with van der Waals surface area (Å²) >= 11 is 0.985. The van der Waals surface area contributed by atoms with Crippen LogP contribution in [0.2, 0.25) is 0 Å². The second-order valence-corrected chi connectivity index (χ2v) is 11.1. The molecule has 2 bridgehead atoms. The van der Waals surface area contributed by atoms with Crippen LogP contribution in [-0.4, -0.2) is 32.3 Å². The molecule has 2 N–H and O–H groups in total. The van der Waals surface area contributed by atoms with Crippen molar-refractivity contribution in [2.75, 3.05) is 11.0 Å². The minimum atomic E-state index is -4.28. The summed E-state index contributed by atoms with van der Waals surface area (Å²) in [6.45, 7) is 0. The van der Waals surface area contributed by atoms with Crippen molar-refractivity contribution in [1.82, 2.24) is 5.32 Å². The zero-order valence-corrected chi connectivity index (χ0v) is 17.8. The normalized spacial score (nSPS) is 24.7. The molecule has 0 atom stereocenters. The number of rotatable bonds is 6. The van der Waals surface area contributed by atoms with Gasteiger partial charge in [-0.2, -0.15) is 13.2 Å². The maximum Gasteiger partial charge on any atom is 0.394 e. The largest absolute Gasteiger partial charge is 0.394 e. The first kappa shape index (κ1) is 21.9. The van der Waals surface area contributed by atoms with Crippen LogP contribution in [-0.2, 0) is 9.84 Å². The van der Waals surface area contributed by atoms with Crippen LogP contribution in [0.1, 0.15) is 29.6 Å². The number of carbonyl (C=O) groups excluding carboxylic acids is 1. The molecule has 0 unspecified atom stereocenters. The molecule has 3 aliphatic rings. The molecular formula is C20H18F4N2O3S2. The fourth-order valence-corrected chi connectivity index (χ4v) is 5.68. The lowest BCUT2D eigenvalue weighted by atomic mass is 9.39. The van der Waals surface area contributed by atoms with Gasteiger partial charge >= 0.3 is 6.18 Å². The number of alkyl halides is 3. The number of hydrogen-bond acceptors (Lipinski definition) is 5. The number of halogens is 4. The van der Waals surface area contributed by atoms with Gasteiger partial charge in [-0.1, -0.05) is 6.07 Å². The summed E-state index contributed by atoms with van der Waals surface area (Å²) in [6, 6.07) is 9.52. The third-order valence-electron chi connectivity index (χ3n) is 5.75. The molecule has 11 heteroatoms. The quantitative estimate of drug-likeness (QED) is 0.474. The van der Waals surface area contributed by atoms with Crippen molar-refractivity contribution >= 4 is 33.4 Å². The molecule has 3 fully saturated rings. The average molecular weight is 475 g/mol. The van der Waals surface area contributed by atoms with Gasteiger partial charge in [0.2, 0.25) is 0 Å². The Kier molecular flexibility index (Phi) is 5.04. The van der Waals surface area contributed by atoms with Crippen LogP contribution >= 0.6 is 11.9 Å². The number of sulfone groups is 1. The molecule has 0 radical (unpaired) electrons. The average Bonchev–Trinajstić information content (AvgIpc) is 2.60. The van der Waals surface area contributed by atoms with E-state index in [-0.39, 0.29) is 35.4 Å². The summed E-state index contributed by atoms with van der Waals surface area (Å²) < 4.78 is 79.1. The van der Waals surface area contributed by atoms with Crippen molar-refractivity contribution in [1.29, 1.82) is 0 Å². The minimum Gasteiger partial charge on any atom is -0.346 e. The topological polar surface area (TPSA) is 75.3 Å². The first-order valence-electron chi connectivity index (χ1n) is 9.24. The van der Waals surface area contributed by atoms with E-state index in [1.807, 2.05) is 0 Å². The van der Waals surface area contributed by atoms with Gasteiger partial charge in [-0.3, -0.25) is 4.79 Å². The Labute approximate surface area is 180 Å². The summed E-state index contributed by atoms with van der Waals surface area (Å²) in [5, 5.41) is 2.67. The number of carbonyl (C=O) groups is 1. The lowest BCUT2D eigenvalue weighted by Gasteiger charge is -2.70. The van der Waals surface area contributed by atoms with Gasteiger partial charge in [0.25, 0.3) is 5.91 Å². The molecule has 1 amide bonds. The Balaban J connectivity index is 1.47. The van der Waals surface area contributed by atoms with Crippen molar-refractivity contribution in [3.05, 3.63) is 53.8 Å². The number of anilines is 1. The van der Waals surface area contributed by atoms with E-state index < -0.39 is 38.7 Å². The van der Waals surface area contributed by atoms with Gasteiger partial charge in [0.15, 0.2) is 9.84 Å². The van der Waals surface area contributed by atoms with E-state index >= 15 is 0 Å². The summed E-state index contributed by atoms with van der Waals surface area (Å²) in [5.41, 5.74) is -2.34. The Morgan fingerprint density at radius 1 is 1.10 bits per heavy atom. The molecule has 0 aliphatic heterocycles. The van der Waals surface area contributed by atoms with Gasteiger partial charge in [-0.25, -0.2) is 12.8 Å². The molecule has 5 rings (SSSR count). The first-order valence-corrected chi connectivity index (χ1v) is 12.0. The highest BCUT2D eigenvalue weighted by atomic mass is 32.2. The van der Waals surface area contributed by atoms with Crippen LogP contribution in [0.25, 0.3) is 0 Å². The summed E-state index contributed by atoms with van der Waals surface area (Å²) in [4.78, 5) is 13.3. The summed E-state index contributed by atoms with van der Waals surface area (Å²) in [6.07, 6.45) is -3.64. The van der Waals surface area contributed by atoms with Gasteiger partial charge < -0.3 is 10.0 Å². The fourth-order valence-electron chi connectivity index (χ4n) is 4.21. The van der Waals surface area contributed by atoms with E-state index in [1.165, 1.54) is 18.2 Å². The van der Waals surface area contributed by atoms with Gasteiger partial charge in [-0.15, -0.1) is 0 Å². The Morgan fingerprint density at radius 2 is 1.77 bits per heavy atom. The van der Waals surface area contributed by atoms with Gasteiger partial charge in [-0.05, 0) is 67.6 Å². The number of nitrogens with one attached hydrogen (secondary N) is 2. The third-order valence-corrected chi connectivity index (χ3v) is 7.67. The van der Waals surface area contributed by atoms with E-state index in [1.54, 1.807) is 12.1 Å². The molecule has 0 saturated heterocycles. The molecule has 0 spiro atoms. The number of hydrogen-bond donors (Lipinski definition) is 2. The molecule has 3 saturated carbocycles. The maximum absolute atomic E-state index is 13.8. The van der Waals surface area contributed by atoms with Crippen molar-refractivity contribution in [2.24, 2.45) is 5.41 Å². The Hall–Kier alpha value is -2.27. The Bertz CT molecular complexity index is 1150.